The van der Waals surface area contributed by atoms with Gasteiger partial charge in [0.25, 0.3) is 0 Å². The highest BCUT2D eigenvalue weighted by molar-refractivity contribution is 6.29. The molecule has 0 saturated carbocycles. The number of fused-ring (bicyclic) bond motifs is 1. The van der Waals surface area contributed by atoms with Crippen molar-refractivity contribution >= 4 is 28.2 Å². The SMILES string of the molecule is Nc1ccc(Cl)nc1-c1ccc2ncccc2c1. The van der Waals surface area contributed by atoms with E-state index in [1.807, 2.05) is 30.3 Å². The van der Waals surface area contributed by atoms with Crippen molar-refractivity contribution in [3.05, 3.63) is 53.8 Å². The fraction of sp³-hybridized carbons (Fsp3) is 0. The largest absolute Gasteiger partial charge is 0.397 e. The fourth-order valence-electron chi connectivity index (χ4n) is 1.90. The number of hydrogen-bond donors (Lipinski definition) is 1. The van der Waals surface area contributed by atoms with E-state index in [9.17, 15) is 0 Å². The van der Waals surface area contributed by atoms with E-state index in [0.29, 0.717) is 16.5 Å². The number of rotatable bonds is 1. The van der Waals surface area contributed by atoms with Gasteiger partial charge in [-0.25, -0.2) is 4.98 Å². The van der Waals surface area contributed by atoms with Crippen molar-refractivity contribution in [2.45, 2.75) is 0 Å². The summed E-state index contributed by atoms with van der Waals surface area (Å²) in [5.41, 5.74) is 9.13. The standard InChI is InChI=1S/C14H10ClN3/c15-13-6-4-11(16)14(18-13)10-3-5-12-9(8-10)2-1-7-17-12/h1-8H,16H2. The topological polar surface area (TPSA) is 51.8 Å². The van der Waals surface area contributed by atoms with Crippen LogP contribution in [0.2, 0.25) is 5.15 Å². The molecule has 0 saturated heterocycles. The van der Waals surface area contributed by atoms with E-state index < -0.39 is 0 Å². The average Bonchev–Trinajstić information content (AvgIpc) is 2.41. The van der Waals surface area contributed by atoms with Crippen molar-refractivity contribution < 1.29 is 0 Å². The molecule has 0 atom stereocenters. The van der Waals surface area contributed by atoms with Crippen molar-refractivity contribution in [1.29, 1.82) is 0 Å². The molecule has 0 radical (unpaired) electrons. The molecule has 0 aliphatic carbocycles. The molecule has 0 fully saturated rings. The van der Waals surface area contributed by atoms with Gasteiger partial charge in [0.2, 0.25) is 0 Å². The molecule has 0 amide bonds. The molecule has 88 valence electrons. The quantitative estimate of drug-likeness (QED) is 0.677. The molecule has 0 unspecified atom stereocenters. The molecule has 0 aliphatic rings. The van der Waals surface area contributed by atoms with E-state index in [4.69, 9.17) is 17.3 Å². The average molecular weight is 256 g/mol. The summed E-state index contributed by atoms with van der Waals surface area (Å²) in [6.45, 7) is 0. The molecule has 1 aromatic carbocycles. The molecule has 2 heterocycles. The highest BCUT2D eigenvalue weighted by Gasteiger charge is 2.06. The van der Waals surface area contributed by atoms with Gasteiger partial charge in [0.15, 0.2) is 0 Å². The van der Waals surface area contributed by atoms with Crippen LogP contribution in [0, 0.1) is 0 Å². The molecule has 2 N–H and O–H groups in total. The van der Waals surface area contributed by atoms with Gasteiger partial charge < -0.3 is 5.73 Å². The molecule has 0 spiro atoms. The number of hydrogen-bond acceptors (Lipinski definition) is 3. The second-order valence-corrected chi connectivity index (χ2v) is 4.37. The van der Waals surface area contributed by atoms with Crippen molar-refractivity contribution in [2.24, 2.45) is 0 Å². The van der Waals surface area contributed by atoms with Crippen molar-refractivity contribution in [3.8, 4) is 11.3 Å². The lowest BCUT2D eigenvalue weighted by Crippen LogP contribution is -1.93. The first-order valence-corrected chi connectivity index (χ1v) is 5.89. The maximum Gasteiger partial charge on any atom is 0.129 e. The summed E-state index contributed by atoms with van der Waals surface area (Å²) >= 11 is 5.91. The number of benzene rings is 1. The van der Waals surface area contributed by atoms with Crippen molar-refractivity contribution in [2.75, 3.05) is 5.73 Å². The van der Waals surface area contributed by atoms with Gasteiger partial charge in [-0.05, 0) is 30.3 Å². The van der Waals surface area contributed by atoms with Gasteiger partial charge >= 0.3 is 0 Å². The van der Waals surface area contributed by atoms with Gasteiger partial charge in [0, 0.05) is 17.1 Å². The highest BCUT2D eigenvalue weighted by atomic mass is 35.5. The number of halogens is 1. The van der Waals surface area contributed by atoms with Crippen molar-refractivity contribution in [1.82, 2.24) is 9.97 Å². The van der Waals surface area contributed by atoms with Gasteiger partial charge in [0.1, 0.15) is 5.15 Å². The lowest BCUT2D eigenvalue weighted by Gasteiger charge is -2.06. The number of nitrogen functional groups attached to an aromatic ring is 1. The maximum atomic E-state index is 5.93. The number of aromatic nitrogens is 2. The van der Waals surface area contributed by atoms with E-state index in [-0.39, 0.29) is 0 Å². The number of nitrogens with zero attached hydrogens (tertiary/aromatic N) is 2. The summed E-state index contributed by atoms with van der Waals surface area (Å²) < 4.78 is 0. The van der Waals surface area contributed by atoms with Crippen LogP contribution in [0.25, 0.3) is 22.2 Å². The Kier molecular flexibility index (Phi) is 2.61. The first kappa shape index (κ1) is 11.0. The zero-order valence-corrected chi connectivity index (χ0v) is 10.2. The van der Waals surface area contributed by atoms with E-state index >= 15 is 0 Å². The van der Waals surface area contributed by atoms with Crippen LogP contribution >= 0.6 is 11.6 Å². The monoisotopic (exact) mass is 255 g/mol. The number of pyridine rings is 2. The molecule has 4 heteroatoms. The normalized spacial score (nSPS) is 10.7. The Labute approximate surface area is 109 Å². The lowest BCUT2D eigenvalue weighted by molar-refractivity contribution is 1.33. The summed E-state index contributed by atoms with van der Waals surface area (Å²) in [4.78, 5) is 8.55. The predicted octanol–water partition coefficient (Wildman–Crippen LogP) is 3.53. The van der Waals surface area contributed by atoms with E-state index in [1.54, 1.807) is 18.3 Å². The molecule has 18 heavy (non-hydrogen) atoms. The Bertz CT molecular complexity index is 725. The third-order valence-corrected chi connectivity index (χ3v) is 2.98. The second-order valence-electron chi connectivity index (χ2n) is 3.98. The van der Waals surface area contributed by atoms with E-state index in [2.05, 4.69) is 9.97 Å². The zero-order valence-electron chi connectivity index (χ0n) is 9.47. The molecule has 3 aromatic rings. The molecule has 3 nitrogen and oxygen atoms in total. The second kappa shape index (κ2) is 4.27. The van der Waals surface area contributed by atoms with Crippen LogP contribution in [-0.4, -0.2) is 9.97 Å². The van der Waals surface area contributed by atoms with Gasteiger partial charge in [0.05, 0.1) is 16.9 Å². The van der Waals surface area contributed by atoms with Crippen LogP contribution in [0.1, 0.15) is 0 Å². The predicted molar refractivity (Wildman–Crippen MR) is 74.4 cm³/mol. The minimum absolute atomic E-state index is 0.436. The van der Waals surface area contributed by atoms with Crippen LogP contribution in [0.15, 0.2) is 48.7 Å². The van der Waals surface area contributed by atoms with Gasteiger partial charge in [-0.1, -0.05) is 23.7 Å². The van der Waals surface area contributed by atoms with Gasteiger partial charge in [-0.2, -0.15) is 0 Å². The van der Waals surface area contributed by atoms with Gasteiger partial charge in [-0.15, -0.1) is 0 Å². The fourth-order valence-corrected chi connectivity index (χ4v) is 2.05. The smallest absolute Gasteiger partial charge is 0.129 e. The Hall–Kier alpha value is -2.13. The molecule has 0 bridgehead atoms. The first-order valence-electron chi connectivity index (χ1n) is 5.51. The van der Waals surface area contributed by atoms with Crippen LogP contribution in [0.5, 0.6) is 0 Å². The molecule has 3 rings (SSSR count). The Morgan fingerprint density at radius 2 is 1.94 bits per heavy atom. The minimum Gasteiger partial charge on any atom is -0.397 e. The molecule has 2 aromatic heterocycles. The number of nitrogens with two attached hydrogens (primary N) is 1. The molecular formula is C14H10ClN3. The Morgan fingerprint density at radius 3 is 2.83 bits per heavy atom. The lowest BCUT2D eigenvalue weighted by atomic mass is 10.1. The summed E-state index contributed by atoms with van der Waals surface area (Å²) in [6, 6.07) is 13.3. The molecule has 0 aliphatic heterocycles. The maximum absolute atomic E-state index is 5.93. The van der Waals surface area contributed by atoms with E-state index in [0.717, 1.165) is 16.5 Å². The molecular weight excluding hydrogens is 246 g/mol. The summed E-state index contributed by atoms with van der Waals surface area (Å²) in [5.74, 6) is 0. The third kappa shape index (κ3) is 1.89. The minimum atomic E-state index is 0.436. The van der Waals surface area contributed by atoms with Crippen LogP contribution in [0.4, 0.5) is 5.69 Å². The van der Waals surface area contributed by atoms with Crippen LogP contribution in [-0.2, 0) is 0 Å². The summed E-state index contributed by atoms with van der Waals surface area (Å²) in [6.07, 6.45) is 1.77. The van der Waals surface area contributed by atoms with Crippen LogP contribution < -0.4 is 5.73 Å². The third-order valence-electron chi connectivity index (χ3n) is 2.77. The van der Waals surface area contributed by atoms with E-state index in [1.165, 1.54) is 0 Å². The Morgan fingerprint density at radius 1 is 1.06 bits per heavy atom. The summed E-state index contributed by atoms with van der Waals surface area (Å²) in [5, 5.41) is 1.49. The summed E-state index contributed by atoms with van der Waals surface area (Å²) in [7, 11) is 0. The Balaban J connectivity index is 2.22. The number of anilines is 1. The first-order chi connectivity index (χ1) is 8.74. The van der Waals surface area contributed by atoms with Crippen molar-refractivity contribution in [3.63, 3.8) is 0 Å². The van der Waals surface area contributed by atoms with Gasteiger partial charge in [-0.3, -0.25) is 4.98 Å². The highest BCUT2D eigenvalue weighted by Crippen LogP contribution is 2.27. The van der Waals surface area contributed by atoms with Crippen LogP contribution in [0.3, 0.4) is 0 Å². The zero-order chi connectivity index (χ0) is 12.5.